The van der Waals surface area contributed by atoms with E-state index in [4.69, 9.17) is 11.6 Å². The van der Waals surface area contributed by atoms with Crippen LogP contribution in [0.4, 0.5) is 0 Å². The van der Waals surface area contributed by atoms with Gasteiger partial charge in [0.15, 0.2) is 0 Å². The molecule has 0 spiro atoms. The fraction of sp³-hybridized carbons (Fsp3) is 0.462. The number of pyridine rings is 1. The molecule has 1 heterocycles. The molecule has 1 unspecified atom stereocenters. The molecule has 2 nitrogen and oxygen atoms in total. The van der Waals surface area contributed by atoms with Gasteiger partial charge in [-0.25, -0.2) is 0 Å². The summed E-state index contributed by atoms with van der Waals surface area (Å²) in [6.45, 7) is 9.01. The quantitative estimate of drug-likeness (QED) is 0.764. The smallest absolute Gasteiger partial charge is 0.0637 e. The molecular formula is C13H19ClN2. The maximum absolute atomic E-state index is 6.15. The largest absolute Gasteiger partial charge is 0.310 e. The van der Waals surface area contributed by atoms with Crippen LogP contribution in [0.25, 0.3) is 0 Å². The first-order valence-corrected chi connectivity index (χ1v) is 6.00. The molecule has 16 heavy (non-hydrogen) atoms. The Bertz CT molecular complexity index is 350. The average Bonchev–Trinajstić information content (AvgIpc) is 2.25. The van der Waals surface area contributed by atoms with Crippen molar-refractivity contribution in [2.24, 2.45) is 0 Å². The van der Waals surface area contributed by atoms with E-state index in [-0.39, 0.29) is 6.04 Å². The predicted molar refractivity (Wildman–Crippen MR) is 69.7 cm³/mol. The lowest BCUT2D eigenvalue weighted by Gasteiger charge is -2.19. The van der Waals surface area contributed by atoms with Crippen molar-refractivity contribution < 1.29 is 0 Å². The van der Waals surface area contributed by atoms with Gasteiger partial charge in [-0.15, -0.1) is 6.58 Å². The number of aromatic nitrogens is 1. The van der Waals surface area contributed by atoms with Crippen LogP contribution in [0.2, 0.25) is 5.02 Å². The molecule has 0 bridgehead atoms. The van der Waals surface area contributed by atoms with Crippen molar-refractivity contribution in [3.63, 3.8) is 0 Å². The van der Waals surface area contributed by atoms with Crippen molar-refractivity contribution >= 4 is 11.6 Å². The van der Waals surface area contributed by atoms with E-state index in [9.17, 15) is 0 Å². The summed E-state index contributed by atoms with van der Waals surface area (Å²) in [6.07, 6.45) is 5.51. The molecule has 1 aromatic rings. The first-order valence-electron chi connectivity index (χ1n) is 5.62. The minimum absolute atomic E-state index is 0.289. The minimum atomic E-state index is 0.289. The Labute approximate surface area is 103 Å². The van der Waals surface area contributed by atoms with Crippen molar-refractivity contribution in [3.05, 3.63) is 41.2 Å². The van der Waals surface area contributed by atoms with Crippen molar-refractivity contribution in [3.8, 4) is 0 Å². The summed E-state index contributed by atoms with van der Waals surface area (Å²) < 4.78 is 0. The number of hydrogen-bond donors (Lipinski definition) is 1. The van der Waals surface area contributed by atoms with E-state index in [0.29, 0.717) is 0 Å². The molecule has 0 fully saturated rings. The Morgan fingerprint density at radius 1 is 1.62 bits per heavy atom. The van der Waals surface area contributed by atoms with Gasteiger partial charge in [0.1, 0.15) is 0 Å². The highest BCUT2D eigenvalue weighted by atomic mass is 35.5. The number of halogens is 1. The average molecular weight is 239 g/mol. The van der Waals surface area contributed by atoms with E-state index >= 15 is 0 Å². The second-order valence-electron chi connectivity index (χ2n) is 4.00. The zero-order valence-corrected chi connectivity index (χ0v) is 10.7. The van der Waals surface area contributed by atoms with Crippen LogP contribution in [-0.4, -0.2) is 11.5 Å². The molecule has 0 aromatic carbocycles. The number of hydrogen-bond acceptors (Lipinski definition) is 2. The van der Waals surface area contributed by atoms with Gasteiger partial charge in [-0.1, -0.05) is 24.1 Å². The van der Waals surface area contributed by atoms with Gasteiger partial charge in [0.2, 0.25) is 0 Å². The van der Waals surface area contributed by atoms with Crippen LogP contribution in [0, 0.1) is 0 Å². The first-order chi connectivity index (χ1) is 7.65. The van der Waals surface area contributed by atoms with E-state index in [2.05, 4.69) is 30.7 Å². The van der Waals surface area contributed by atoms with Gasteiger partial charge in [0.25, 0.3) is 0 Å². The topological polar surface area (TPSA) is 24.9 Å². The van der Waals surface area contributed by atoms with Crippen molar-refractivity contribution in [1.29, 1.82) is 0 Å². The Hall–Kier alpha value is -0.860. The molecule has 0 aliphatic heterocycles. The molecule has 88 valence electrons. The number of nitrogens with one attached hydrogen (secondary N) is 1. The molecule has 0 amide bonds. The summed E-state index contributed by atoms with van der Waals surface area (Å²) in [6, 6.07) is 2.27. The molecule has 1 aromatic heterocycles. The van der Waals surface area contributed by atoms with Gasteiger partial charge in [-0.2, -0.15) is 0 Å². The third-order valence-electron chi connectivity index (χ3n) is 2.49. The normalized spacial score (nSPS) is 12.4. The van der Waals surface area contributed by atoms with Crippen molar-refractivity contribution in [2.75, 3.05) is 6.54 Å². The zero-order valence-electron chi connectivity index (χ0n) is 9.96. The maximum Gasteiger partial charge on any atom is 0.0637 e. The second-order valence-corrected chi connectivity index (χ2v) is 4.41. The SMILES string of the molecule is C=C(C)CCC(NCC)c1ccncc1Cl. The van der Waals surface area contributed by atoms with Crippen LogP contribution in [-0.2, 0) is 0 Å². The lowest BCUT2D eigenvalue weighted by Crippen LogP contribution is -2.21. The van der Waals surface area contributed by atoms with E-state index in [1.54, 1.807) is 12.4 Å². The van der Waals surface area contributed by atoms with E-state index in [1.807, 2.05) is 6.07 Å². The predicted octanol–water partition coefficient (Wildman–Crippen LogP) is 3.74. The van der Waals surface area contributed by atoms with E-state index < -0.39 is 0 Å². The highest BCUT2D eigenvalue weighted by molar-refractivity contribution is 6.31. The molecule has 1 rings (SSSR count). The lowest BCUT2D eigenvalue weighted by molar-refractivity contribution is 0.514. The highest BCUT2D eigenvalue weighted by Crippen LogP contribution is 2.26. The van der Waals surface area contributed by atoms with Gasteiger partial charge < -0.3 is 5.32 Å². The molecule has 3 heteroatoms. The third kappa shape index (κ3) is 3.95. The first kappa shape index (κ1) is 13.2. The lowest BCUT2D eigenvalue weighted by atomic mass is 10.0. The van der Waals surface area contributed by atoms with Gasteiger partial charge in [0.05, 0.1) is 5.02 Å². The van der Waals surface area contributed by atoms with E-state index in [0.717, 1.165) is 30.0 Å². The van der Waals surface area contributed by atoms with E-state index in [1.165, 1.54) is 5.57 Å². The monoisotopic (exact) mass is 238 g/mol. The third-order valence-corrected chi connectivity index (χ3v) is 2.81. The van der Waals surface area contributed by atoms with Gasteiger partial charge in [-0.3, -0.25) is 4.98 Å². The van der Waals surface area contributed by atoms with Gasteiger partial charge >= 0.3 is 0 Å². The fourth-order valence-electron chi connectivity index (χ4n) is 1.67. The number of rotatable bonds is 6. The summed E-state index contributed by atoms with van der Waals surface area (Å²) >= 11 is 6.15. The molecule has 0 radical (unpaired) electrons. The maximum atomic E-state index is 6.15. The fourth-order valence-corrected chi connectivity index (χ4v) is 1.92. The van der Waals surface area contributed by atoms with Crippen LogP contribution in [0.3, 0.4) is 0 Å². The van der Waals surface area contributed by atoms with Crippen LogP contribution in [0.15, 0.2) is 30.6 Å². The standard InChI is InChI=1S/C13H19ClN2/c1-4-16-13(6-5-10(2)3)11-7-8-15-9-12(11)14/h7-9,13,16H,2,4-6H2,1,3H3. The summed E-state index contributed by atoms with van der Waals surface area (Å²) in [5.41, 5.74) is 2.33. The Kier molecular flexibility index (Phi) is 5.50. The van der Waals surface area contributed by atoms with Crippen molar-refractivity contribution in [1.82, 2.24) is 10.3 Å². The van der Waals surface area contributed by atoms with Crippen LogP contribution < -0.4 is 5.32 Å². The van der Waals surface area contributed by atoms with Crippen molar-refractivity contribution in [2.45, 2.75) is 32.7 Å². The van der Waals surface area contributed by atoms with Crippen LogP contribution >= 0.6 is 11.6 Å². The van der Waals surface area contributed by atoms with Crippen LogP contribution in [0.1, 0.15) is 38.3 Å². The minimum Gasteiger partial charge on any atom is -0.310 e. The summed E-state index contributed by atoms with van der Waals surface area (Å²) in [5, 5.41) is 4.17. The summed E-state index contributed by atoms with van der Waals surface area (Å²) in [5.74, 6) is 0. The van der Waals surface area contributed by atoms with Crippen LogP contribution in [0.5, 0.6) is 0 Å². The molecule has 0 saturated heterocycles. The molecule has 1 atom stereocenters. The summed E-state index contributed by atoms with van der Waals surface area (Å²) in [7, 11) is 0. The Morgan fingerprint density at radius 2 is 2.38 bits per heavy atom. The highest BCUT2D eigenvalue weighted by Gasteiger charge is 2.13. The Morgan fingerprint density at radius 3 is 2.94 bits per heavy atom. The number of nitrogens with zero attached hydrogens (tertiary/aromatic N) is 1. The second kappa shape index (κ2) is 6.66. The molecular weight excluding hydrogens is 220 g/mol. The molecule has 0 saturated carbocycles. The van der Waals surface area contributed by atoms with Gasteiger partial charge in [-0.05, 0) is 37.9 Å². The molecule has 0 aliphatic carbocycles. The summed E-state index contributed by atoms with van der Waals surface area (Å²) in [4.78, 5) is 4.01. The Balaban J connectivity index is 2.76. The zero-order chi connectivity index (χ0) is 12.0. The molecule has 1 N–H and O–H groups in total. The van der Waals surface area contributed by atoms with Gasteiger partial charge in [0, 0.05) is 18.4 Å². The number of allylic oxidation sites excluding steroid dienone is 1. The molecule has 0 aliphatic rings.